The van der Waals surface area contributed by atoms with Crippen molar-refractivity contribution in [3.8, 4) is 22.6 Å². The zero-order valence-electron chi connectivity index (χ0n) is 16.2. The number of carbonyl (C=O) groups excluding carboxylic acids is 1. The molecule has 0 saturated carbocycles. The molecule has 0 spiro atoms. The van der Waals surface area contributed by atoms with Gasteiger partial charge in [-0.25, -0.2) is 0 Å². The minimum atomic E-state index is -0.121. The van der Waals surface area contributed by atoms with Crippen LogP contribution in [0.2, 0.25) is 0 Å². The van der Waals surface area contributed by atoms with Gasteiger partial charge in [-0.05, 0) is 24.3 Å². The van der Waals surface area contributed by atoms with Crippen molar-refractivity contribution in [3.05, 3.63) is 66.9 Å². The van der Waals surface area contributed by atoms with Crippen LogP contribution >= 0.6 is 0 Å². The number of methoxy groups -OCH3 is 1. The number of hydrogen-bond acceptors (Lipinski definition) is 6. The van der Waals surface area contributed by atoms with Crippen LogP contribution in [0.4, 0.5) is 0 Å². The van der Waals surface area contributed by atoms with E-state index in [-0.39, 0.29) is 12.1 Å². The largest absolute Gasteiger partial charge is 0.496 e. The smallest absolute Gasteiger partial charge is 0.210 e. The topological polar surface area (TPSA) is 76.8 Å². The van der Waals surface area contributed by atoms with E-state index in [1.807, 2.05) is 42.5 Å². The van der Waals surface area contributed by atoms with Crippen LogP contribution in [0, 0.1) is 0 Å². The Balaban J connectivity index is 1.48. The second kappa shape index (κ2) is 8.79. The predicted octanol–water partition coefficient (Wildman–Crippen LogP) is 2.90. The molecule has 0 bridgehead atoms. The molecule has 4 rings (SSSR count). The van der Waals surface area contributed by atoms with E-state index in [0.29, 0.717) is 25.4 Å². The van der Waals surface area contributed by atoms with Gasteiger partial charge in [0.25, 0.3) is 0 Å². The van der Waals surface area contributed by atoms with Crippen LogP contribution in [0.3, 0.4) is 0 Å². The summed E-state index contributed by atoms with van der Waals surface area (Å²) in [5.41, 5.74) is 1.91. The zero-order valence-corrected chi connectivity index (χ0v) is 16.2. The van der Waals surface area contributed by atoms with E-state index in [1.54, 1.807) is 30.7 Å². The number of benzene rings is 1. The van der Waals surface area contributed by atoms with Crippen molar-refractivity contribution in [1.29, 1.82) is 0 Å². The summed E-state index contributed by atoms with van der Waals surface area (Å²) in [6.07, 6.45) is 5.89. The third-order valence-corrected chi connectivity index (χ3v) is 5.08. The standard InChI is InChI=1S/C22H23N3O4/c1-27-21-7-3-2-6-18(21)19-8-10-28-22(19)20-13-25(15-26)16(11-24-20)14-29-17-5-4-9-23-12-17/h2-10,12,15-16,20,24H,11,13-14H2,1H3. The van der Waals surface area contributed by atoms with Crippen molar-refractivity contribution in [1.82, 2.24) is 15.2 Å². The molecule has 1 amide bonds. The maximum absolute atomic E-state index is 11.7. The highest BCUT2D eigenvalue weighted by Gasteiger charge is 2.31. The van der Waals surface area contributed by atoms with Crippen LogP contribution in [0.15, 0.2) is 65.5 Å². The lowest BCUT2D eigenvalue weighted by molar-refractivity contribution is -0.122. The molecular weight excluding hydrogens is 370 g/mol. The molecule has 1 saturated heterocycles. The first-order valence-electron chi connectivity index (χ1n) is 9.48. The number of furan rings is 1. The van der Waals surface area contributed by atoms with E-state index in [0.717, 1.165) is 29.0 Å². The molecule has 3 aromatic rings. The molecule has 0 radical (unpaired) electrons. The second-order valence-corrected chi connectivity index (χ2v) is 6.82. The summed E-state index contributed by atoms with van der Waals surface area (Å²) in [6, 6.07) is 13.2. The number of ether oxygens (including phenoxy) is 2. The fourth-order valence-corrected chi connectivity index (χ4v) is 3.58. The zero-order chi connectivity index (χ0) is 20.1. The lowest BCUT2D eigenvalue weighted by atomic mass is 9.99. The molecule has 7 nitrogen and oxygen atoms in total. The average molecular weight is 393 g/mol. The molecule has 1 aliphatic rings. The summed E-state index contributed by atoms with van der Waals surface area (Å²) in [5.74, 6) is 2.25. The van der Waals surface area contributed by atoms with Crippen LogP contribution in [0.1, 0.15) is 11.8 Å². The monoisotopic (exact) mass is 393 g/mol. The van der Waals surface area contributed by atoms with Gasteiger partial charge in [0.15, 0.2) is 0 Å². The summed E-state index contributed by atoms with van der Waals surface area (Å²) >= 11 is 0. The molecule has 1 aliphatic heterocycles. The highest BCUT2D eigenvalue weighted by Crippen LogP contribution is 2.36. The van der Waals surface area contributed by atoms with Gasteiger partial charge in [-0.3, -0.25) is 9.78 Å². The van der Waals surface area contributed by atoms with Crippen LogP contribution in [0.25, 0.3) is 11.1 Å². The first-order chi connectivity index (χ1) is 14.3. The normalized spacial score (nSPS) is 19.0. The highest BCUT2D eigenvalue weighted by molar-refractivity contribution is 5.72. The number of hydrogen-bond donors (Lipinski definition) is 1. The summed E-state index contributed by atoms with van der Waals surface area (Å²) in [6.45, 7) is 1.47. The minimum absolute atomic E-state index is 0.0753. The number of nitrogens with zero attached hydrogens (tertiary/aromatic N) is 2. The van der Waals surface area contributed by atoms with Gasteiger partial charge in [-0.1, -0.05) is 18.2 Å². The van der Waals surface area contributed by atoms with Crippen molar-refractivity contribution in [2.45, 2.75) is 12.1 Å². The molecule has 2 unspecified atom stereocenters. The van der Waals surface area contributed by atoms with E-state index in [1.165, 1.54) is 0 Å². The van der Waals surface area contributed by atoms with Crippen LogP contribution in [0.5, 0.6) is 11.5 Å². The molecule has 150 valence electrons. The van der Waals surface area contributed by atoms with Gasteiger partial charge < -0.3 is 24.1 Å². The van der Waals surface area contributed by atoms with Crippen LogP contribution in [-0.4, -0.2) is 49.1 Å². The van der Waals surface area contributed by atoms with Gasteiger partial charge in [0.2, 0.25) is 6.41 Å². The Morgan fingerprint density at radius 3 is 2.93 bits per heavy atom. The minimum Gasteiger partial charge on any atom is -0.496 e. The van der Waals surface area contributed by atoms with E-state index in [9.17, 15) is 4.79 Å². The van der Waals surface area contributed by atoms with Crippen LogP contribution in [-0.2, 0) is 4.79 Å². The molecule has 2 atom stereocenters. The lowest BCUT2D eigenvalue weighted by Crippen LogP contribution is -2.54. The molecule has 1 fully saturated rings. The molecule has 1 aromatic carbocycles. The predicted molar refractivity (Wildman–Crippen MR) is 108 cm³/mol. The fraction of sp³-hybridized carbons (Fsp3) is 0.273. The number of aromatic nitrogens is 1. The number of carbonyl (C=O) groups is 1. The van der Waals surface area contributed by atoms with Crippen molar-refractivity contribution < 1.29 is 18.7 Å². The van der Waals surface area contributed by atoms with Gasteiger partial charge >= 0.3 is 0 Å². The first-order valence-corrected chi connectivity index (χ1v) is 9.48. The molecule has 3 heterocycles. The van der Waals surface area contributed by atoms with Crippen molar-refractivity contribution in [2.75, 3.05) is 26.8 Å². The van der Waals surface area contributed by atoms with Crippen molar-refractivity contribution in [3.63, 3.8) is 0 Å². The van der Waals surface area contributed by atoms with Gasteiger partial charge in [0.05, 0.1) is 31.7 Å². The molecule has 7 heteroatoms. The van der Waals surface area contributed by atoms with Crippen LogP contribution < -0.4 is 14.8 Å². The Morgan fingerprint density at radius 2 is 2.14 bits per heavy atom. The number of nitrogens with one attached hydrogen (secondary N) is 1. The molecule has 2 aromatic heterocycles. The quantitative estimate of drug-likeness (QED) is 0.622. The third kappa shape index (κ3) is 4.09. The molecular formula is C22H23N3O4. The SMILES string of the molecule is COc1ccccc1-c1ccoc1C1CN(C=O)C(COc2cccnc2)CN1. The number of para-hydroxylation sites is 1. The number of pyridine rings is 1. The Bertz CT molecular complexity index is 944. The van der Waals surface area contributed by atoms with E-state index >= 15 is 0 Å². The third-order valence-electron chi connectivity index (χ3n) is 5.08. The second-order valence-electron chi connectivity index (χ2n) is 6.82. The summed E-state index contributed by atoms with van der Waals surface area (Å²) in [5, 5.41) is 3.49. The number of rotatable bonds is 7. The Kier molecular flexibility index (Phi) is 5.76. The summed E-state index contributed by atoms with van der Waals surface area (Å²) < 4.78 is 17.1. The summed E-state index contributed by atoms with van der Waals surface area (Å²) in [7, 11) is 1.65. The Labute approximate surface area is 169 Å². The molecule has 29 heavy (non-hydrogen) atoms. The van der Waals surface area contributed by atoms with E-state index in [4.69, 9.17) is 13.9 Å². The number of piperazine rings is 1. The maximum Gasteiger partial charge on any atom is 0.210 e. The van der Waals surface area contributed by atoms with Gasteiger partial charge in [-0.15, -0.1) is 0 Å². The van der Waals surface area contributed by atoms with Gasteiger partial charge in [-0.2, -0.15) is 0 Å². The fourth-order valence-electron chi connectivity index (χ4n) is 3.58. The van der Waals surface area contributed by atoms with E-state index < -0.39 is 0 Å². The Hall–Kier alpha value is -3.32. The average Bonchev–Trinajstić information content (AvgIpc) is 3.28. The number of amides is 1. The molecule has 1 N–H and O–H groups in total. The first kappa shape index (κ1) is 19.0. The molecule has 0 aliphatic carbocycles. The van der Waals surface area contributed by atoms with Crippen molar-refractivity contribution >= 4 is 6.41 Å². The summed E-state index contributed by atoms with van der Waals surface area (Å²) in [4.78, 5) is 17.5. The van der Waals surface area contributed by atoms with E-state index in [2.05, 4.69) is 10.3 Å². The maximum atomic E-state index is 11.7. The van der Waals surface area contributed by atoms with Gasteiger partial charge in [0.1, 0.15) is 23.9 Å². The lowest BCUT2D eigenvalue weighted by Gasteiger charge is -2.37. The van der Waals surface area contributed by atoms with Gasteiger partial charge in [0, 0.05) is 30.4 Å². The highest BCUT2D eigenvalue weighted by atomic mass is 16.5. The van der Waals surface area contributed by atoms with Crippen molar-refractivity contribution in [2.24, 2.45) is 0 Å². The Morgan fingerprint density at radius 1 is 1.24 bits per heavy atom.